The fraction of sp³-hybridized carbons (Fsp3) is 0.400. The lowest BCUT2D eigenvalue weighted by Crippen LogP contribution is -2.39. The van der Waals surface area contributed by atoms with E-state index < -0.39 is 0 Å². The average molecular weight is 274 g/mol. The van der Waals surface area contributed by atoms with Gasteiger partial charge in [0, 0.05) is 37.2 Å². The molecule has 1 aromatic carbocycles. The van der Waals surface area contributed by atoms with Gasteiger partial charge in [0.15, 0.2) is 5.78 Å². The molecule has 0 aliphatic carbocycles. The maximum atomic E-state index is 11.9. The van der Waals surface area contributed by atoms with Gasteiger partial charge < -0.3 is 5.32 Å². The van der Waals surface area contributed by atoms with E-state index in [1.54, 1.807) is 24.3 Å². The van der Waals surface area contributed by atoms with Gasteiger partial charge in [-0.25, -0.2) is 0 Å². The van der Waals surface area contributed by atoms with E-state index in [9.17, 15) is 14.4 Å². The fourth-order valence-electron chi connectivity index (χ4n) is 2.15. The Labute approximate surface area is 118 Å². The van der Waals surface area contributed by atoms with Gasteiger partial charge in [-0.1, -0.05) is 0 Å². The van der Waals surface area contributed by atoms with E-state index in [0.29, 0.717) is 43.7 Å². The van der Waals surface area contributed by atoms with Crippen LogP contribution in [0.2, 0.25) is 0 Å². The molecule has 5 heteroatoms. The zero-order valence-corrected chi connectivity index (χ0v) is 11.5. The molecule has 0 saturated carbocycles. The number of hydrogen-bond donors (Lipinski definition) is 1. The van der Waals surface area contributed by atoms with E-state index in [0.717, 1.165) is 0 Å². The first-order valence-corrected chi connectivity index (χ1v) is 6.69. The summed E-state index contributed by atoms with van der Waals surface area (Å²) in [7, 11) is 0. The van der Waals surface area contributed by atoms with Gasteiger partial charge in [0.1, 0.15) is 5.78 Å². The molecule has 1 saturated heterocycles. The number of nitrogens with zero attached hydrogens (tertiary/aromatic N) is 1. The highest BCUT2D eigenvalue weighted by atomic mass is 16.2. The monoisotopic (exact) mass is 274 g/mol. The van der Waals surface area contributed by atoms with Crippen LogP contribution >= 0.6 is 0 Å². The number of anilines is 1. The third kappa shape index (κ3) is 3.99. The Balaban J connectivity index is 1.85. The van der Waals surface area contributed by atoms with Crippen molar-refractivity contribution in [1.82, 2.24) is 4.90 Å². The van der Waals surface area contributed by atoms with Gasteiger partial charge in [-0.15, -0.1) is 0 Å². The molecule has 0 unspecified atom stereocenters. The largest absolute Gasteiger partial charge is 0.325 e. The highest BCUT2D eigenvalue weighted by Crippen LogP contribution is 2.11. The van der Waals surface area contributed by atoms with Crippen molar-refractivity contribution in [3.05, 3.63) is 29.8 Å². The van der Waals surface area contributed by atoms with Crippen molar-refractivity contribution in [2.24, 2.45) is 0 Å². The molecule has 1 N–H and O–H groups in total. The number of carbonyl (C=O) groups is 3. The summed E-state index contributed by atoms with van der Waals surface area (Å²) in [6.07, 6.45) is 1.06. The molecule has 1 amide bonds. The van der Waals surface area contributed by atoms with Gasteiger partial charge in [-0.05, 0) is 31.2 Å². The molecule has 1 fully saturated rings. The van der Waals surface area contributed by atoms with E-state index in [-0.39, 0.29) is 17.5 Å². The van der Waals surface area contributed by atoms with Crippen molar-refractivity contribution >= 4 is 23.2 Å². The van der Waals surface area contributed by atoms with Crippen molar-refractivity contribution in [3.63, 3.8) is 0 Å². The molecule has 2 rings (SSSR count). The van der Waals surface area contributed by atoms with Crippen LogP contribution in [-0.4, -0.2) is 42.0 Å². The Hall–Kier alpha value is -2.01. The van der Waals surface area contributed by atoms with Gasteiger partial charge in [-0.2, -0.15) is 0 Å². The van der Waals surface area contributed by atoms with Crippen LogP contribution < -0.4 is 5.32 Å². The zero-order valence-electron chi connectivity index (χ0n) is 11.5. The molecule has 20 heavy (non-hydrogen) atoms. The number of rotatable bonds is 4. The number of nitrogens with one attached hydrogen (secondary N) is 1. The molecule has 5 nitrogen and oxygen atoms in total. The number of likely N-dealkylation sites (tertiary alicyclic amines) is 1. The normalized spacial score (nSPS) is 15.9. The van der Waals surface area contributed by atoms with Crippen LogP contribution in [0.5, 0.6) is 0 Å². The number of amides is 1. The highest BCUT2D eigenvalue weighted by Gasteiger charge is 2.18. The summed E-state index contributed by atoms with van der Waals surface area (Å²) in [5, 5.41) is 2.79. The Morgan fingerprint density at radius 1 is 1.15 bits per heavy atom. The van der Waals surface area contributed by atoms with Crippen LogP contribution in [-0.2, 0) is 9.59 Å². The van der Waals surface area contributed by atoms with Gasteiger partial charge in [-0.3, -0.25) is 19.3 Å². The SMILES string of the molecule is CC(=O)c1ccc(NC(=O)CN2CCC(=O)CC2)cc1. The number of piperidine rings is 1. The third-order valence-electron chi connectivity index (χ3n) is 3.36. The number of Topliss-reactive ketones (excluding diaryl/α,β-unsaturated/α-hetero) is 2. The molecular weight excluding hydrogens is 256 g/mol. The standard InChI is InChI=1S/C15H18N2O3/c1-11(18)12-2-4-13(5-3-12)16-15(20)10-17-8-6-14(19)7-9-17/h2-5H,6-10H2,1H3,(H,16,20). The minimum Gasteiger partial charge on any atom is -0.325 e. The van der Waals surface area contributed by atoms with Gasteiger partial charge in [0.2, 0.25) is 5.91 Å². The van der Waals surface area contributed by atoms with Crippen molar-refractivity contribution in [3.8, 4) is 0 Å². The lowest BCUT2D eigenvalue weighted by molar-refractivity contribution is -0.124. The van der Waals surface area contributed by atoms with Gasteiger partial charge >= 0.3 is 0 Å². The third-order valence-corrected chi connectivity index (χ3v) is 3.36. The topological polar surface area (TPSA) is 66.5 Å². The number of ketones is 2. The Morgan fingerprint density at radius 2 is 1.75 bits per heavy atom. The molecule has 0 atom stereocenters. The predicted molar refractivity (Wildman–Crippen MR) is 75.8 cm³/mol. The molecule has 0 radical (unpaired) electrons. The molecule has 0 bridgehead atoms. The van der Waals surface area contributed by atoms with E-state index in [2.05, 4.69) is 5.32 Å². The summed E-state index contributed by atoms with van der Waals surface area (Å²) in [5.41, 5.74) is 1.30. The van der Waals surface area contributed by atoms with Crippen molar-refractivity contribution < 1.29 is 14.4 Å². The first-order valence-electron chi connectivity index (χ1n) is 6.69. The van der Waals surface area contributed by atoms with E-state index >= 15 is 0 Å². The molecule has 1 heterocycles. The molecule has 0 spiro atoms. The summed E-state index contributed by atoms with van der Waals surface area (Å²) >= 11 is 0. The first-order chi connectivity index (χ1) is 9.54. The summed E-state index contributed by atoms with van der Waals surface area (Å²) in [5.74, 6) is 0.164. The molecular formula is C15H18N2O3. The number of benzene rings is 1. The lowest BCUT2D eigenvalue weighted by Gasteiger charge is -2.24. The minimum atomic E-state index is -0.102. The molecule has 1 aliphatic rings. The molecule has 106 valence electrons. The second kappa shape index (κ2) is 6.43. The summed E-state index contributed by atoms with van der Waals surface area (Å²) in [4.78, 5) is 36.1. The molecule has 1 aromatic rings. The fourth-order valence-corrected chi connectivity index (χ4v) is 2.15. The van der Waals surface area contributed by atoms with Crippen LogP contribution in [0.3, 0.4) is 0 Å². The Morgan fingerprint density at radius 3 is 2.30 bits per heavy atom. The van der Waals surface area contributed by atoms with E-state index in [4.69, 9.17) is 0 Å². The van der Waals surface area contributed by atoms with E-state index in [1.807, 2.05) is 4.90 Å². The van der Waals surface area contributed by atoms with Crippen molar-refractivity contribution in [2.75, 3.05) is 25.0 Å². The predicted octanol–water partition coefficient (Wildman–Crippen LogP) is 1.49. The minimum absolute atomic E-state index is 0.000797. The second-order valence-electron chi connectivity index (χ2n) is 5.00. The molecule has 1 aliphatic heterocycles. The average Bonchev–Trinajstić information content (AvgIpc) is 2.42. The van der Waals surface area contributed by atoms with Crippen LogP contribution in [0.4, 0.5) is 5.69 Å². The summed E-state index contributed by atoms with van der Waals surface area (Å²) < 4.78 is 0. The van der Waals surface area contributed by atoms with Crippen LogP contribution in [0.15, 0.2) is 24.3 Å². The maximum Gasteiger partial charge on any atom is 0.238 e. The Bertz CT molecular complexity index is 512. The molecule has 0 aromatic heterocycles. The zero-order chi connectivity index (χ0) is 14.5. The van der Waals surface area contributed by atoms with Gasteiger partial charge in [0.05, 0.1) is 6.54 Å². The Kier molecular flexibility index (Phi) is 4.63. The van der Waals surface area contributed by atoms with Crippen molar-refractivity contribution in [2.45, 2.75) is 19.8 Å². The van der Waals surface area contributed by atoms with Gasteiger partial charge in [0.25, 0.3) is 0 Å². The quantitative estimate of drug-likeness (QED) is 0.845. The van der Waals surface area contributed by atoms with Crippen molar-refractivity contribution in [1.29, 1.82) is 0 Å². The number of carbonyl (C=O) groups excluding carboxylic acids is 3. The maximum absolute atomic E-state index is 11.9. The first kappa shape index (κ1) is 14.4. The highest BCUT2D eigenvalue weighted by molar-refractivity contribution is 5.96. The van der Waals surface area contributed by atoms with Crippen LogP contribution in [0.1, 0.15) is 30.1 Å². The second-order valence-corrected chi connectivity index (χ2v) is 5.00. The number of hydrogen-bond acceptors (Lipinski definition) is 4. The summed E-state index contributed by atoms with van der Waals surface area (Å²) in [6, 6.07) is 6.82. The van der Waals surface area contributed by atoms with E-state index in [1.165, 1.54) is 6.92 Å². The smallest absolute Gasteiger partial charge is 0.238 e. The summed E-state index contributed by atoms with van der Waals surface area (Å²) in [6.45, 7) is 3.10. The lowest BCUT2D eigenvalue weighted by atomic mass is 10.1. The van der Waals surface area contributed by atoms with Crippen LogP contribution in [0, 0.1) is 0 Å². The van der Waals surface area contributed by atoms with Crippen LogP contribution in [0.25, 0.3) is 0 Å².